The Balaban J connectivity index is 1.54. The Morgan fingerprint density at radius 2 is 1.96 bits per heavy atom. The molecule has 3 aromatic rings. The second-order valence-electron chi connectivity index (χ2n) is 6.19. The number of pyridine rings is 1. The Labute approximate surface area is 152 Å². The maximum atomic E-state index is 12.6. The maximum Gasteiger partial charge on any atom is 0.316 e. The second kappa shape index (κ2) is 6.11. The average Bonchev–Trinajstić information content (AvgIpc) is 3.43. The molecule has 0 unspecified atom stereocenters. The minimum atomic E-state index is -0.530. The number of benzene rings is 1. The molecule has 0 N–H and O–H groups in total. The third-order valence-electron chi connectivity index (χ3n) is 4.49. The molecule has 1 aliphatic rings. The number of hydrogen-bond donors (Lipinski definition) is 0. The van der Waals surface area contributed by atoms with Crippen molar-refractivity contribution < 1.29 is 9.53 Å². The van der Waals surface area contributed by atoms with Crippen LogP contribution in [0, 0.1) is 0 Å². The van der Waals surface area contributed by atoms with Crippen molar-refractivity contribution in [2.45, 2.75) is 24.9 Å². The van der Waals surface area contributed by atoms with E-state index in [4.69, 9.17) is 4.74 Å². The Hall–Kier alpha value is -2.47. The van der Waals surface area contributed by atoms with Crippen LogP contribution < -0.4 is 5.56 Å². The summed E-state index contributed by atoms with van der Waals surface area (Å²) in [6.45, 7) is -0.00474. The highest BCUT2D eigenvalue weighted by molar-refractivity contribution is 9.10. The average molecular weight is 399 g/mol. The summed E-state index contributed by atoms with van der Waals surface area (Å²) in [7, 11) is 0. The molecule has 0 radical (unpaired) electrons. The van der Waals surface area contributed by atoms with E-state index in [0.717, 1.165) is 22.9 Å². The second-order valence-corrected chi connectivity index (χ2v) is 7.10. The fraction of sp³-hybridized carbons (Fsp3) is 0.211. The number of fused-ring (bicyclic) bond motifs is 1. The van der Waals surface area contributed by atoms with Gasteiger partial charge in [-0.15, -0.1) is 0 Å². The molecular weight excluding hydrogens is 384 g/mol. The van der Waals surface area contributed by atoms with E-state index < -0.39 is 5.41 Å². The summed E-state index contributed by atoms with van der Waals surface area (Å²) >= 11 is 3.33. The van der Waals surface area contributed by atoms with Crippen LogP contribution >= 0.6 is 15.9 Å². The smallest absolute Gasteiger partial charge is 0.316 e. The topological polar surface area (TPSA) is 60.7 Å². The first-order valence-corrected chi connectivity index (χ1v) is 8.78. The van der Waals surface area contributed by atoms with E-state index in [1.54, 1.807) is 12.3 Å². The van der Waals surface area contributed by atoms with E-state index in [0.29, 0.717) is 11.3 Å². The number of nitrogens with zero attached hydrogens (tertiary/aromatic N) is 2. The number of halogens is 1. The van der Waals surface area contributed by atoms with Crippen molar-refractivity contribution in [3.8, 4) is 0 Å². The molecule has 1 aliphatic carbocycles. The highest BCUT2D eigenvalue weighted by Gasteiger charge is 2.52. The molecule has 0 aliphatic heterocycles. The first-order chi connectivity index (χ1) is 12.1. The summed E-state index contributed by atoms with van der Waals surface area (Å²) in [5.74, 6) is -0.253. The van der Waals surface area contributed by atoms with Gasteiger partial charge in [-0.25, -0.2) is 4.98 Å². The molecule has 0 atom stereocenters. The number of ether oxygens (including phenoxy) is 1. The monoisotopic (exact) mass is 398 g/mol. The summed E-state index contributed by atoms with van der Waals surface area (Å²) in [5.41, 5.74) is 1.21. The summed E-state index contributed by atoms with van der Waals surface area (Å²) in [6, 6.07) is 14.6. The molecule has 2 heterocycles. The van der Waals surface area contributed by atoms with E-state index in [1.165, 1.54) is 10.5 Å². The molecule has 0 saturated heterocycles. The van der Waals surface area contributed by atoms with Gasteiger partial charge in [0.05, 0.1) is 11.1 Å². The van der Waals surface area contributed by atoms with Crippen LogP contribution in [0.15, 0.2) is 64.0 Å². The van der Waals surface area contributed by atoms with Gasteiger partial charge in [-0.1, -0.05) is 30.3 Å². The molecule has 5 nitrogen and oxygen atoms in total. The minimum absolute atomic E-state index is 0.00474. The van der Waals surface area contributed by atoms with Gasteiger partial charge < -0.3 is 4.74 Å². The minimum Gasteiger partial charge on any atom is -0.458 e. The van der Waals surface area contributed by atoms with Crippen LogP contribution in [0.3, 0.4) is 0 Å². The molecule has 0 spiro atoms. The zero-order chi connectivity index (χ0) is 17.4. The molecule has 1 fully saturated rings. The van der Waals surface area contributed by atoms with E-state index in [1.807, 2.05) is 36.4 Å². The first kappa shape index (κ1) is 16.0. The molecular formula is C19H15BrN2O3. The van der Waals surface area contributed by atoms with Gasteiger partial charge in [0, 0.05) is 16.7 Å². The number of rotatable bonds is 4. The van der Waals surface area contributed by atoms with Crippen LogP contribution in [0.5, 0.6) is 0 Å². The van der Waals surface area contributed by atoms with Crippen LogP contribution in [-0.2, 0) is 21.6 Å². The molecule has 6 heteroatoms. The molecule has 0 bridgehead atoms. The molecule has 1 saturated carbocycles. The normalized spacial score (nSPS) is 15.1. The lowest BCUT2D eigenvalue weighted by atomic mass is 9.96. The predicted molar refractivity (Wildman–Crippen MR) is 96.3 cm³/mol. The zero-order valence-corrected chi connectivity index (χ0v) is 14.9. The van der Waals surface area contributed by atoms with Gasteiger partial charge in [0.15, 0.2) is 0 Å². The fourth-order valence-corrected chi connectivity index (χ4v) is 3.31. The van der Waals surface area contributed by atoms with Crippen LogP contribution in [0.25, 0.3) is 5.65 Å². The van der Waals surface area contributed by atoms with Gasteiger partial charge in [-0.05, 0) is 46.5 Å². The predicted octanol–water partition coefficient (Wildman–Crippen LogP) is 3.23. The summed E-state index contributed by atoms with van der Waals surface area (Å²) < 4.78 is 7.72. The van der Waals surface area contributed by atoms with Gasteiger partial charge in [0.1, 0.15) is 12.3 Å². The van der Waals surface area contributed by atoms with Crippen LogP contribution in [-0.4, -0.2) is 15.4 Å². The Kier molecular flexibility index (Phi) is 3.92. The molecule has 25 heavy (non-hydrogen) atoms. The van der Waals surface area contributed by atoms with Crippen molar-refractivity contribution in [3.05, 3.63) is 80.8 Å². The van der Waals surface area contributed by atoms with Gasteiger partial charge in [0.25, 0.3) is 5.56 Å². The van der Waals surface area contributed by atoms with Crippen molar-refractivity contribution in [1.29, 1.82) is 0 Å². The van der Waals surface area contributed by atoms with Gasteiger partial charge >= 0.3 is 5.97 Å². The van der Waals surface area contributed by atoms with Crippen molar-refractivity contribution >= 4 is 27.5 Å². The summed E-state index contributed by atoms with van der Waals surface area (Å²) in [5, 5.41) is 0. The maximum absolute atomic E-state index is 12.6. The number of aromatic nitrogens is 2. The zero-order valence-electron chi connectivity index (χ0n) is 13.3. The van der Waals surface area contributed by atoms with Crippen LogP contribution in [0.4, 0.5) is 0 Å². The first-order valence-electron chi connectivity index (χ1n) is 7.99. The molecule has 1 aromatic carbocycles. The highest BCUT2D eigenvalue weighted by Crippen LogP contribution is 2.49. The Bertz CT molecular complexity index is 1010. The van der Waals surface area contributed by atoms with Crippen LogP contribution in [0.2, 0.25) is 0 Å². The Morgan fingerprint density at radius 3 is 2.68 bits per heavy atom. The quantitative estimate of drug-likeness (QED) is 0.632. The summed E-state index contributed by atoms with van der Waals surface area (Å²) in [6.07, 6.45) is 3.24. The van der Waals surface area contributed by atoms with Crippen LogP contribution in [0.1, 0.15) is 24.1 Å². The van der Waals surface area contributed by atoms with E-state index in [9.17, 15) is 9.59 Å². The number of hydrogen-bond acceptors (Lipinski definition) is 4. The molecule has 126 valence electrons. The third-order valence-corrected chi connectivity index (χ3v) is 4.96. The lowest BCUT2D eigenvalue weighted by Crippen LogP contribution is -2.24. The number of carbonyl (C=O) groups excluding carboxylic acids is 1. The largest absolute Gasteiger partial charge is 0.458 e. The van der Waals surface area contributed by atoms with Gasteiger partial charge in [0.2, 0.25) is 0 Å². The standard InChI is InChI=1S/C19H15BrN2O3/c20-14-6-7-16-21-15(10-17(23)22(16)11-14)12-25-18(24)19(8-9-19)13-4-2-1-3-5-13/h1-7,10-11H,8-9,12H2. The van der Waals surface area contributed by atoms with Crippen molar-refractivity contribution in [3.63, 3.8) is 0 Å². The highest BCUT2D eigenvalue weighted by atomic mass is 79.9. The van der Waals surface area contributed by atoms with E-state index >= 15 is 0 Å². The third kappa shape index (κ3) is 2.98. The van der Waals surface area contributed by atoms with Crippen molar-refractivity contribution in [2.24, 2.45) is 0 Å². The number of esters is 1. The lowest BCUT2D eigenvalue weighted by molar-refractivity contribution is -0.148. The van der Waals surface area contributed by atoms with E-state index in [-0.39, 0.29) is 18.1 Å². The fourth-order valence-electron chi connectivity index (χ4n) is 2.97. The number of carbonyl (C=O) groups is 1. The van der Waals surface area contributed by atoms with Crippen molar-refractivity contribution in [2.75, 3.05) is 0 Å². The molecule has 4 rings (SSSR count). The molecule has 0 amide bonds. The lowest BCUT2D eigenvalue weighted by Gasteiger charge is -2.14. The van der Waals surface area contributed by atoms with Crippen molar-refractivity contribution in [1.82, 2.24) is 9.38 Å². The Morgan fingerprint density at radius 1 is 1.20 bits per heavy atom. The van der Waals surface area contributed by atoms with Gasteiger partial charge in [-0.3, -0.25) is 14.0 Å². The van der Waals surface area contributed by atoms with Gasteiger partial charge in [-0.2, -0.15) is 0 Å². The summed E-state index contributed by atoms with van der Waals surface area (Å²) in [4.78, 5) is 29.1. The SMILES string of the molecule is O=C(OCc1cc(=O)n2cc(Br)ccc2n1)C1(c2ccccc2)CC1. The van der Waals surface area contributed by atoms with E-state index in [2.05, 4.69) is 20.9 Å². The molecule has 2 aromatic heterocycles.